The van der Waals surface area contributed by atoms with Gasteiger partial charge in [0.25, 0.3) is 0 Å². The fourth-order valence-electron chi connectivity index (χ4n) is 0.582. The molecule has 0 amide bonds. The topological polar surface area (TPSA) is 116 Å². The van der Waals surface area contributed by atoms with Crippen LogP contribution in [0, 0.1) is 0 Å². The number of rotatable bonds is 1. The Morgan fingerprint density at radius 2 is 1.57 bits per heavy atom. The van der Waals surface area contributed by atoms with Crippen LogP contribution in [-0.4, -0.2) is 12.2 Å². The summed E-state index contributed by atoms with van der Waals surface area (Å²) in [7, 11) is -3.80. The molecule has 1 aromatic rings. The highest BCUT2D eigenvalue weighted by Crippen LogP contribution is 2.14. The molecule has 6 nitrogen and oxygen atoms in total. The Kier molecular flexibility index (Phi) is 5.19. The van der Waals surface area contributed by atoms with Crippen LogP contribution in [-0.2, 0) is 4.57 Å². The van der Waals surface area contributed by atoms with E-state index < -0.39 is 7.82 Å². The number of ether oxygens (including phenoxy) is 1. The average Bonchev–Trinajstić information content (AvgIpc) is 2.03. The van der Waals surface area contributed by atoms with Gasteiger partial charge in [0.1, 0.15) is 11.5 Å². The van der Waals surface area contributed by atoms with Gasteiger partial charge in [0.05, 0.1) is 7.11 Å². The van der Waals surface area contributed by atoms with Gasteiger partial charge in [-0.1, -0.05) is 0 Å². The van der Waals surface area contributed by atoms with Crippen LogP contribution in [0.2, 0.25) is 0 Å². The number of benzene rings is 1. The van der Waals surface area contributed by atoms with Crippen molar-refractivity contribution in [3.05, 3.63) is 24.3 Å². The van der Waals surface area contributed by atoms with E-state index in [9.17, 15) is 0 Å². The van der Waals surface area contributed by atoms with E-state index in [0.717, 1.165) is 5.75 Å². The summed E-state index contributed by atoms with van der Waals surface area (Å²) in [6.07, 6.45) is 0. The molecule has 0 aliphatic heterocycles. The van der Waals surface area contributed by atoms with Crippen LogP contribution in [0.1, 0.15) is 0 Å². The molecule has 0 saturated heterocycles. The molecule has 0 spiro atoms. The molecule has 1 N–H and O–H groups in total. The second kappa shape index (κ2) is 5.62. The molecular weight excluding hydrogens is 211 g/mol. The summed E-state index contributed by atoms with van der Waals surface area (Å²) >= 11 is 0. The van der Waals surface area contributed by atoms with E-state index in [1.54, 1.807) is 31.4 Å². The SMILES string of the molecule is COc1ccc(O)cc1.O=P([O-])([O-])[O-]. The van der Waals surface area contributed by atoms with Crippen molar-refractivity contribution in [3.8, 4) is 11.5 Å². The standard InChI is InChI=1S/C7H8O2.H3O4P/c1-9-7-4-2-6(8)3-5-7;1-5(2,3)4/h2-5,8H,1H3;(H3,1,2,3,4)/p-3. The third kappa shape index (κ3) is 9.02. The lowest BCUT2D eigenvalue weighted by atomic mass is 10.3. The van der Waals surface area contributed by atoms with E-state index in [0.29, 0.717) is 0 Å². The molecule has 0 atom stereocenters. The van der Waals surface area contributed by atoms with Crippen LogP contribution >= 0.6 is 7.82 Å². The molecule has 0 unspecified atom stereocenters. The third-order valence-corrected chi connectivity index (χ3v) is 1.07. The summed E-state index contributed by atoms with van der Waals surface area (Å²) in [5.74, 6) is 1.02. The Morgan fingerprint density at radius 1 is 1.21 bits per heavy atom. The normalized spacial score (nSPS) is 10.0. The van der Waals surface area contributed by atoms with E-state index in [-0.39, 0.29) is 5.75 Å². The highest BCUT2D eigenvalue weighted by molar-refractivity contribution is 7.40. The van der Waals surface area contributed by atoms with Gasteiger partial charge in [-0.3, -0.25) is 0 Å². The Hall–Kier alpha value is -1.07. The zero-order valence-electron chi connectivity index (χ0n) is 7.25. The van der Waals surface area contributed by atoms with E-state index in [1.165, 1.54) is 0 Å². The Labute approximate surface area is 80.6 Å². The first kappa shape index (κ1) is 12.9. The summed E-state index contributed by atoms with van der Waals surface area (Å²) in [5.41, 5.74) is 0. The molecule has 0 bridgehead atoms. The van der Waals surface area contributed by atoms with Crippen molar-refractivity contribution in [2.75, 3.05) is 7.11 Å². The second-order valence-electron chi connectivity index (χ2n) is 2.15. The smallest absolute Gasteiger partial charge is 0.119 e. The van der Waals surface area contributed by atoms with Gasteiger partial charge in [0.15, 0.2) is 0 Å². The number of phosphoric acid groups is 1. The van der Waals surface area contributed by atoms with Crippen LogP contribution in [0.5, 0.6) is 11.5 Å². The predicted octanol–water partition coefficient (Wildman–Crippen LogP) is -1.42. The number of phenolic OH excluding ortho intramolecular Hbond substituents is 1. The van der Waals surface area contributed by atoms with E-state index >= 15 is 0 Å². The lowest BCUT2D eigenvalue weighted by molar-refractivity contribution is -0.432. The first-order valence-electron chi connectivity index (χ1n) is 3.39. The first-order valence-corrected chi connectivity index (χ1v) is 4.85. The van der Waals surface area contributed by atoms with Gasteiger partial charge >= 0.3 is 0 Å². The fourth-order valence-corrected chi connectivity index (χ4v) is 0.582. The highest BCUT2D eigenvalue weighted by atomic mass is 31.2. The quantitative estimate of drug-likeness (QED) is 0.579. The van der Waals surface area contributed by atoms with Crippen LogP contribution in [0.4, 0.5) is 0 Å². The van der Waals surface area contributed by atoms with E-state index in [1.807, 2.05) is 0 Å². The molecule has 0 fully saturated rings. The zero-order valence-corrected chi connectivity index (χ0v) is 8.14. The molecule has 0 aliphatic rings. The number of hydrogen-bond donors (Lipinski definition) is 1. The summed E-state index contributed by atoms with van der Waals surface area (Å²) < 4.78 is 13.4. The number of aromatic hydroxyl groups is 1. The third-order valence-electron chi connectivity index (χ3n) is 1.07. The molecule has 80 valence electrons. The monoisotopic (exact) mass is 219 g/mol. The predicted molar refractivity (Wildman–Crippen MR) is 42.3 cm³/mol. The van der Waals surface area contributed by atoms with Gasteiger partial charge < -0.3 is 29.1 Å². The van der Waals surface area contributed by atoms with Crippen LogP contribution < -0.4 is 19.4 Å². The van der Waals surface area contributed by atoms with Gasteiger partial charge in [-0.2, -0.15) is 7.82 Å². The molecule has 0 aromatic heterocycles. The molecule has 0 heterocycles. The van der Waals surface area contributed by atoms with Gasteiger partial charge in [-0.05, 0) is 24.3 Å². The zero-order chi connectivity index (χ0) is 11.2. The van der Waals surface area contributed by atoms with Crippen molar-refractivity contribution in [3.63, 3.8) is 0 Å². The van der Waals surface area contributed by atoms with E-state index in [2.05, 4.69) is 0 Å². The van der Waals surface area contributed by atoms with Gasteiger partial charge in [-0.25, -0.2) is 0 Å². The summed E-state index contributed by atoms with van der Waals surface area (Å²) in [6.45, 7) is 0. The average molecular weight is 219 g/mol. The minimum Gasteiger partial charge on any atom is -0.822 e. The summed E-state index contributed by atoms with van der Waals surface area (Å²) in [5, 5.41) is 8.80. The Morgan fingerprint density at radius 3 is 1.86 bits per heavy atom. The van der Waals surface area contributed by atoms with Crippen molar-refractivity contribution in [1.82, 2.24) is 0 Å². The summed E-state index contributed by atoms with van der Waals surface area (Å²) in [6, 6.07) is 6.57. The van der Waals surface area contributed by atoms with Gasteiger partial charge in [0, 0.05) is 0 Å². The van der Waals surface area contributed by atoms with Crippen LogP contribution in [0.25, 0.3) is 0 Å². The molecule has 0 saturated carbocycles. The lowest BCUT2D eigenvalue weighted by Crippen LogP contribution is -2.24. The number of methoxy groups -OCH3 is 1. The van der Waals surface area contributed by atoms with Crippen LogP contribution in [0.15, 0.2) is 24.3 Å². The molecule has 1 aromatic carbocycles. The molecule has 0 radical (unpaired) electrons. The second-order valence-corrected chi connectivity index (χ2v) is 3.04. The largest absolute Gasteiger partial charge is 0.822 e. The van der Waals surface area contributed by atoms with Crippen molar-refractivity contribution in [2.45, 2.75) is 0 Å². The summed E-state index contributed by atoms with van der Waals surface area (Å²) in [4.78, 5) is 25.6. The van der Waals surface area contributed by atoms with Crippen molar-refractivity contribution in [2.24, 2.45) is 0 Å². The molecule has 1 rings (SSSR count). The fraction of sp³-hybridized carbons (Fsp3) is 0.143. The molecular formula is C7H8O6P-3. The maximum atomic E-state index is 8.80. The van der Waals surface area contributed by atoms with E-state index in [4.69, 9.17) is 29.1 Å². The Bertz CT molecular complexity index is 294. The molecule has 7 heteroatoms. The Balaban J connectivity index is 0.000000292. The maximum Gasteiger partial charge on any atom is 0.119 e. The first-order chi connectivity index (χ1) is 6.33. The molecule has 14 heavy (non-hydrogen) atoms. The lowest BCUT2D eigenvalue weighted by Gasteiger charge is -2.36. The highest BCUT2D eigenvalue weighted by Gasteiger charge is 1.87. The van der Waals surface area contributed by atoms with Crippen molar-refractivity contribution >= 4 is 7.82 Å². The minimum absolute atomic E-state index is 0.260. The number of hydrogen-bond acceptors (Lipinski definition) is 6. The minimum atomic E-state index is -5.39. The van der Waals surface area contributed by atoms with Gasteiger partial charge in [-0.15, -0.1) is 0 Å². The van der Waals surface area contributed by atoms with Crippen molar-refractivity contribution < 1.29 is 29.1 Å². The van der Waals surface area contributed by atoms with Crippen molar-refractivity contribution in [1.29, 1.82) is 0 Å². The van der Waals surface area contributed by atoms with Crippen LogP contribution in [0.3, 0.4) is 0 Å². The van der Waals surface area contributed by atoms with Gasteiger partial charge in [0.2, 0.25) is 0 Å². The molecule has 0 aliphatic carbocycles. The number of phenols is 1. The maximum absolute atomic E-state index is 8.80.